The summed E-state index contributed by atoms with van der Waals surface area (Å²) in [7, 11) is -7.80. The van der Waals surface area contributed by atoms with Gasteiger partial charge in [0.25, 0.3) is 0 Å². The van der Waals surface area contributed by atoms with Crippen molar-refractivity contribution in [3.63, 3.8) is 0 Å². The van der Waals surface area contributed by atoms with Crippen molar-refractivity contribution in [2.24, 2.45) is 0 Å². The molecule has 0 saturated heterocycles. The maximum atomic E-state index is 10.5. The SMILES string of the molecule is CC(C)(O[PH](=O)O)P(=O)(O)O. The highest BCUT2D eigenvalue weighted by molar-refractivity contribution is 7.53. The standard InChI is InChI=1S/C3H10O6P2/c1-3(2,9-10(4)5)11(6,7)8/h10H,1-2H3,(H,4,5)(H2,6,7,8). The van der Waals surface area contributed by atoms with Crippen LogP contribution in [0.4, 0.5) is 0 Å². The van der Waals surface area contributed by atoms with Crippen LogP contribution in [0.1, 0.15) is 13.8 Å². The molecule has 1 unspecified atom stereocenters. The molecule has 8 heteroatoms. The Balaban J connectivity index is 4.48. The van der Waals surface area contributed by atoms with E-state index in [1.54, 1.807) is 0 Å². The van der Waals surface area contributed by atoms with Crippen molar-refractivity contribution in [2.45, 2.75) is 19.2 Å². The zero-order chi connectivity index (χ0) is 9.28. The Morgan fingerprint density at radius 2 is 1.82 bits per heavy atom. The van der Waals surface area contributed by atoms with Crippen LogP contribution in [-0.4, -0.2) is 20.0 Å². The van der Waals surface area contributed by atoms with E-state index in [9.17, 15) is 9.13 Å². The smallest absolute Gasteiger partial charge is 0.326 e. The van der Waals surface area contributed by atoms with E-state index in [-0.39, 0.29) is 0 Å². The number of hydrogen-bond acceptors (Lipinski definition) is 3. The van der Waals surface area contributed by atoms with Crippen LogP contribution in [0.5, 0.6) is 0 Å². The Kier molecular flexibility index (Phi) is 3.44. The predicted octanol–water partition coefficient (Wildman–Crippen LogP) is 0.299. The van der Waals surface area contributed by atoms with Crippen molar-refractivity contribution in [1.29, 1.82) is 0 Å². The topological polar surface area (TPSA) is 104 Å². The van der Waals surface area contributed by atoms with Gasteiger partial charge in [-0.3, -0.25) is 13.7 Å². The molecule has 1 atom stereocenters. The second-order valence-corrected chi connectivity index (χ2v) is 5.26. The van der Waals surface area contributed by atoms with Gasteiger partial charge in [0.15, 0.2) is 5.34 Å². The first-order chi connectivity index (χ1) is 4.67. The lowest BCUT2D eigenvalue weighted by Gasteiger charge is -2.23. The molecule has 11 heavy (non-hydrogen) atoms. The molecular weight excluding hydrogens is 194 g/mol. The summed E-state index contributed by atoms with van der Waals surface area (Å²) < 4.78 is 24.7. The first-order valence-corrected chi connectivity index (χ1v) is 5.52. The lowest BCUT2D eigenvalue weighted by molar-refractivity contribution is 0.143. The molecule has 0 aliphatic heterocycles. The van der Waals surface area contributed by atoms with Gasteiger partial charge in [0.2, 0.25) is 0 Å². The average Bonchev–Trinajstić information content (AvgIpc) is 1.56. The van der Waals surface area contributed by atoms with Crippen LogP contribution in [-0.2, 0) is 13.7 Å². The van der Waals surface area contributed by atoms with Crippen molar-refractivity contribution in [3.05, 3.63) is 0 Å². The fraction of sp³-hybridized carbons (Fsp3) is 1.00. The summed E-state index contributed by atoms with van der Waals surface area (Å²) in [6.07, 6.45) is 0. The van der Waals surface area contributed by atoms with Crippen LogP contribution in [0.15, 0.2) is 0 Å². The van der Waals surface area contributed by atoms with Crippen molar-refractivity contribution in [3.8, 4) is 0 Å². The summed E-state index contributed by atoms with van der Waals surface area (Å²) in [5, 5.41) is -1.89. The lowest BCUT2D eigenvalue weighted by Crippen LogP contribution is -2.20. The minimum absolute atomic E-state index is 1.05. The summed E-state index contributed by atoms with van der Waals surface area (Å²) >= 11 is 0. The number of hydrogen-bond donors (Lipinski definition) is 3. The van der Waals surface area contributed by atoms with E-state index < -0.39 is 21.2 Å². The molecule has 0 aromatic rings. The predicted molar refractivity (Wildman–Crippen MR) is 38.4 cm³/mol. The molecule has 0 aliphatic carbocycles. The minimum atomic E-state index is -4.48. The third kappa shape index (κ3) is 3.47. The summed E-state index contributed by atoms with van der Waals surface area (Å²) in [5.41, 5.74) is 0. The Hall–Kier alpha value is 0.300. The Labute approximate surface area is 64.3 Å². The molecule has 3 N–H and O–H groups in total. The van der Waals surface area contributed by atoms with Gasteiger partial charge in [-0.05, 0) is 13.8 Å². The monoisotopic (exact) mass is 204 g/mol. The second kappa shape index (κ2) is 3.35. The van der Waals surface area contributed by atoms with Gasteiger partial charge in [0.05, 0.1) is 0 Å². The van der Waals surface area contributed by atoms with E-state index in [2.05, 4.69) is 4.52 Å². The van der Waals surface area contributed by atoms with Crippen LogP contribution in [0, 0.1) is 0 Å². The van der Waals surface area contributed by atoms with Crippen LogP contribution in [0.25, 0.3) is 0 Å². The van der Waals surface area contributed by atoms with Gasteiger partial charge in [0, 0.05) is 0 Å². The first-order valence-electron chi connectivity index (χ1n) is 2.64. The Morgan fingerprint density at radius 3 is 1.91 bits per heavy atom. The molecule has 0 aromatic carbocycles. The summed E-state index contributed by atoms with van der Waals surface area (Å²) in [4.78, 5) is 25.3. The molecule has 0 heterocycles. The van der Waals surface area contributed by atoms with E-state index in [0.717, 1.165) is 13.8 Å². The minimum Gasteiger partial charge on any atom is -0.326 e. The second-order valence-electron chi connectivity index (χ2n) is 2.36. The van der Waals surface area contributed by atoms with Crippen LogP contribution < -0.4 is 0 Å². The highest BCUT2D eigenvalue weighted by atomic mass is 31.2. The van der Waals surface area contributed by atoms with Crippen molar-refractivity contribution in [1.82, 2.24) is 0 Å². The molecule has 6 nitrogen and oxygen atoms in total. The Morgan fingerprint density at radius 1 is 1.45 bits per heavy atom. The largest absolute Gasteiger partial charge is 0.357 e. The normalized spacial score (nSPS) is 16.5. The van der Waals surface area contributed by atoms with Gasteiger partial charge in [-0.2, -0.15) is 0 Å². The molecule has 68 valence electrons. The van der Waals surface area contributed by atoms with Gasteiger partial charge in [-0.15, -0.1) is 0 Å². The Bertz CT molecular complexity index is 204. The van der Waals surface area contributed by atoms with Crippen molar-refractivity contribution < 1.29 is 28.3 Å². The highest BCUT2D eigenvalue weighted by Crippen LogP contribution is 2.53. The molecule has 0 amide bonds. The third-order valence-electron chi connectivity index (χ3n) is 1.04. The quantitative estimate of drug-likeness (QED) is 0.571. The molecule has 0 spiro atoms. The van der Waals surface area contributed by atoms with Crippen LogP contribution in [0.2, 0.25) is 0 Å². The average molecular weight is 204 g/mol. The fourth-order valence-electron chi connectivity index (χ4n) is 0.273. The molecule has 0 bridgehead atoms. The van der Waals surface area contributed by atoms with Crippen LogP contribution >= 0.6 is 15.9 Å². The van der Waals surface area contributed by atoms with E-state index in [1.807, 2.05) is 0 Å². The molecule has 0 saturated carbocycles. The molecule has 0 aromatic heterocycles. The molecule has 0 radical (unpaired) electrons. The summed E-state index contributed by atoms with van der Waals surface area (Å²) in [5.74, 6) is 0. The maximum Gasteiger partial charge on any atom is 0.357 e. The lowest BCUT2D eigenvalue weighted by atomic mass is 10.5. The van der Waals surface area contributed by atoms with E-state index in [4.69, 9.17) is 14.7 Å². The van der Waals surface area contributed by atoms with E-state index >= 15 is 0 Å². The molecule has 0 aliphatic rings. The van der Waals surface area contributed by atoms with Crippen molar-refractivity contribution >= 4 is 15.9 Å². The van der Waals surface area contributed by atoms with Gasteiger partial charge in [-0.1, -0.05) is 0 Å². The molecule has 0 fully saturated rings. The van der Waals surface area contributed by atoms with Crippen molar-refractivity contribution in [2.75, 3.05) is 0 Å². The zero-order valence-electron chi connectivity index (χ0n) is 6.01. The summed E-state index contributed by atoms with van der Waals surface area (Å²) in [6, 6.07) is 0. The van der Waals surface area contributed by atoms with Gasteiger partial charge in [-0.25, -0.2) is 0 Å². The maximum absolute atomic E-state index is 10.5. The highest BCUT2D eigenvalue weighted by Gasteiger charge is 2.40. The van der Waals surface area contributed by atoms with Crippen LogP contribution in [0.3, 0.4) is 0 Å². The third-order valence-corrected chi connectivity index (χ3v) is 3.39. The number of rotatable bonds is 3. The van der Waals surface area contributed by atoms with Gasteiger partial charge < -0.3 is 14.7 Å². The first kappa shape index (κ1) is 11.3. The van der Waals surface area contributed by atoms with E-state index in [0.29, 0.717) is 0 Å². The van der Waals surface area contributed by atoms with E-state index in [1.165, 1.54) is 0 Å². The fourth-order valence-corrected chi connectivity index (χ4v) is 1.41. The molecular formula is C3H10O6P2. The molecule has 0 rings (SSSR count). The van der Waals surface area contributed by atoms with Gasteiger partial charge in [0.1, 0.15) is 0 Å². The summed E-state index contributed by atoms with van der Waals surface area (Å²) in [6.45, 7) is 2.10. The zero-order valence-corrected chi connectivity index (χ0v) is 7.91. The van der Waals surface area contributed by atoms with Gasteiger partial charge >= 0.3 is 15.9 Å².